The molecule has 1 aliphatic heterocycles. The summed E-state index contributed by atoms with van der Waals surface area (Å²) in [6.07, 6.45) is 5.73. The molecule has 186 valence electrons. The molecule has 1 saturated carbocycles. The van der Waals surface area contributed by atoms with Crippen molar-refractivity contribution in [3.63, 3.8) is 0 Å². The fraction of sp³-hybridized carbons (Fsp3) is 0.538. The van der Waals surface area contributed by atoms with E-state index in [1.54, 1.807) is 46.8 Å². The van der Waals surface area contributed by atoms with Crippen LogP contribution in [-0.2, 0) is 19.9 Å². The molecule has 1 saturated heterocycles. The monoisotopic (exact) mass is 504 g/mol. The molecule has 0 radical (unpaired) electrons. The minimum Gasteiger partial charge on any atom is -0.293 e. The van der Waals surface area contributed by atoms with E-state index in [-0.39, 0.29) is 35.3 Å². The predicted molar refractivity (Wildman–Crippen MR) is 135 cm³/mol. The molecule has 2 aliphatic rings. The summed E-state index contributed by atoms with van der Waals surface area (Å²) in [4.78, 5) is 2.91. The van der Waals surface area contributed by atoms with Gasteiger partial charge in [-0.3, -0.25) is 4.90 Å². The molecule has 3 atom stereocenters. The second-order valence-corrected chi connectivity index (χ2v) is 13.6. The molecular weight excluding hydrogens is 468 g/mol. The van der Waals surface area contributed by atoms with Crippen molar-refractivity contribution in [3.8, 4) is 0 Å². The highest BCUT2D eigenvalue weighted by Gasteiger charge is 2.48. The summed E-state index contributed by atoms with van der Waals surface area (Å²) in [5.41, 5.74) is 1.01. The van der Waals surface area contributed by atoms with Crippen LogP contribution in [0.5, 0.6) is 0 Å². The van der Waals surface area contributed by atoms with Crippen LogP contribution in [-0.4, -0.2) is 63.0 Å². The number of hydrogen-bond acceptors (Lipinski definition) is 5. The zero-order chi connectivity index (χ0) is 24.3. The molecule has 0 aromatic heterocycles. The van der Waals surface area contributed by atoms with Crippen LogP contribution in [0.15, 0.2) is 64.4 Å². The van der Waals surface area contributed by atoms with Gasteiger partial charge in [-0.2, -0.15) is 4.31 Å². The number of fused-ring (bicyclic) bond motifs is 1. The molecule has 34 heavy (non-hydrogen) atoms. The molecule has 2 aromatic carbocycles. The summed E-state index contributed by atoms with van der Waals surface area (Å²) < 4.78 is 56.0. The number of hydrogen-bond donors (Lipinski definition) is 0. The van der Waals surface area contributed by atoms with E-state index in [0.29, 0.717) is 4.90 Å². The van der Waals surface area contributed by atoms with E-state index in [0.717, 1.165) is 50.6 Å². The number of sulfone groups is 1. The first-order chi connectivity index (χ1) is 16.2. The molecule has 1 aliphatic carbocycles. The standard InChI is InChI=1S/C26H36N2O4S2/c1-3-4-18-27-22(20-33(29,30)23-10-6-5-7-11-23)19-28(26-13-9-8-12-25(26)27)34(31,32)24-16-14-21(2)15-17-24/h5-7,10-11,14-17,22,25-26H,3-4,8-9,12-13,18-20H2,1-2H3/t22-,25?,26?/m0/s1. The molecule has 4 rings (SSSR count). The fourth-order valence-corrected chi connectivity index (χ4v) is 8.76. The van der Waals surface area contributed by atoms with Gasteiger partial charge in [0.05, 0.1) is 15.5 Å². The number of rotatable bonds is 8. The third kappa shape index (κ3) is 5.25. The highest BCUT2D eigenvalue weighted by atomic mass is 32.2. The van der Waals surface area contributed by atoms with Crippen molar-refractivity contribution < 1.29 is 16.8 Å². The Kier molecular flexibility index (Phi) is 7.82. The number of aryl methyl sites for hydroxylation is 1. The molecule has 0 amide bonds. The lowest BCUT2D eigenvalue weighted by Gasteiger charge is -2.53. The molecule has 0 N–H and O–H groups in total. The number of benzene rings is 2. The van der Waals surface area contributed by atoms with Gasteiger partial charge in [-0.25, -0.2) is 16.8 Å². The maximum Gasteiger partial charge on any atom is 0.243 e. The molecule has 0 bridgehead atoms. The largest absolute Gasteiger partial charge is 0.293 e. The van der Waals surface area contributed by atoms with Crippen LogP contribution in [0.4, 0.5) is 0 Å². The van der Waals surface area contributed by atoms with Gasteiger partial charge in [-0.05, 0) is 57.0 Å². The van der Waals surface area contributed by atoms with Gasteiger partial charge in [0, 0.05) is 24.7 Å². The van der Waals surface area contributed by atoms with Gasteiger partial charge in [0.2, 0.25) is 10.0 Å². The van der Waals surface area contributed by atoms with E-state index >= 15 is 0 Å². The minimum atomic E-state index is -3.73. The molecular formula is C26H36N2O4S2. The Bertz CT molecular complexity index is 1170. The molecule has 0 spiro atoms. The van der Waals surface area contributed by atoms with Gasteiger partial charge < -0.3 is 0 Å². The Morgan fingerprint density at radius 2 is 1.50 bits per heavy atom. The third-order valence-electron chi connectivity index (χ3n) is 7.26. The number of sulfonamides is 1. The number of piperazine rings is 1. The van der Waals surface area contributed by atoms with Crippen LogP contribution in [0.2, 0.25) is 0 Å². The molecule has 2 aromatic rings. The van der Waals surface area contributed by atoms with Gasteiger partial charge in [0.15, 0.2) is 9.84 Å². The van der Waals surface area contributed by atoms with Crippen LogP contribution in [0.25, 0.3) is 0 Å². The van der Waals surface area contributed by atoms with Crippen molar-refractivity contribution in [1.82, 2.24) is 9.21 Å². The fourth-order valence-electron chi connectivity index (χ4n) is 5.47. The minimum absolute atomic E-state index is 0.0465. The lowest BCUT2D eigenvalue weighted by atomic mass is 9.86. The first-order valence-electron chi connectivity index (χ1n) is 12.4. The summed E-state index contributed by atoms with van der Waals surface area (Å²) in [6.45, 7) is 5.06. The van der Waals surface area contributed by atoms with Crippen molar-refractivity contribution in [2.45, 2.75) is 80.3 Å². The second-order valence-electron chi connectivity index (χ2n) is 9.65. The number of nitrogens with zero attached hydrogens (tertiary/aromatic N) is 2. The SMILES string of the molecule is CCCCN1C2CCCCC2N(S(=O)(=O)c2ccc(C)cc2)C[C@H]1CS(=O)(=O)c1ccccc1. The van der Waals surface area contributed by atoms with E-state index in [1.165, 1.54) is 0 Å². The van der Waals surface area contributed by atoms with E-state index in [9.17, 15) is 16.8 Å². The van der Waals surface area contributed by atoms with Gasteiger partial charge in [-0.15, -0.1) is 0 Å². The van der Waals surface area contributed by atoms with Crippen LogP contribution in [0.3, 0.4) is 0 Å². The van der Waals surface area contributed by atoms with Crippen LogP contribution in [0.1, 0.15) is 51.0 Å². The lowest BCUT2D eigenvalue weighted by molar-refractivity contribution is 0.00304. The zero-order valence-electron chi connectivity index (χ0n) is 20.1. The Morgan fingerprint density at radius 3 is 2.15 bits per heavy atom. The Labute approximate surface area is 204 Å². The molecule has 8 heteroatoms. The number of unbranched alkanes of at least 4 members (excludes halogenated alkanes) is 1. The quantitative estimate of drug-likeness (QED) is 0.537. The van der Waals surface area contributed by atoms with E-state index < -0.39 is 19.9 Å². The molecule has 2 unspecified atom stereocenters. The summed E-state index contributed by atoms with van der Waals surface area (Å²) >= 11 is 0. The summed E-state index contributed by atoms with van der Waals surface area (Å²) in [7, 11) is -7.29. The lowest BCUT2D eigenvalue weighted by Crippen LogP contribution is -2.67. The first-order valence-corrected chi connectivity index (χ1v) is 15.5. The molecule has 2 fully saturated rings. The highest BCUT2D eigenvalue weighted by Crippen LogP contribution is 2.37. The van der Waals surface area contributed by atoms with Crippen LogP contribution < -0.4 is 0 Å². The normalized spacial score (nSPS) is 24.6. The Hall–Kier alpha value is -1.74. The Morgan fingerprint density at radius 1 is 0.853 bits per heavy atom. The predicted octanol–water partition coefficient (Wildman–Crippen LogP) is 4.26. The van der Waals surface area contributed by atoms with E-state index in [1.807, 2.05) is 19.1 Å². The van der Waals surface area contributed by atoms with Crippen molar-refractivity contribution in [3.05, 3.63) is 60.2 Å². The van der Waals surface area contributed by atoms with E-state index in [4.69, 9.17) is 0 Å². The van der Waals surface area contributed by atoms with Gasteiger partial charge in [-0.1, -0.05) is 62.1 Å². The second kappa shape index (κ2) is 10.5. The van der Waals surface area contributed by atoms with E-state index in [2.05, 4.69) is 11.8 Å². The maximum atomic E-state index is 13.8. The van der Waals surface area contributed by atoms with Crippen molar-refractivity contribution in [1.29, 1.82) is 0 Å². The van der Waals surface area contributed by atoms with Crippen molar-refractivity contribution in [2.24, 2.45) is 0 Å². The van der Waals surface area contributed by atoms with Gasteiger partial charge in [0.1, 0.15) is 0 Å². The first kappa shape index (κ1) is 25.4. The van der Waals surface area contributed by atoms with Crippen LogP contribution in [0, 0.1) is 6.92 Å². The van der Waals surface area contributed by atoms with Crippen molar-refractivity contribution in [2.75, 3.05) is 18.8 Å². The van der Waals surface area contributed by atoms with Gasteiger partial charge in [0.25, 0.3) is 0 Å². The Balaban J connectivity index is 1.71. The third-order valence-corrected chi connectivity index (χ3v) is 11.0. The maximum absolute atomic E-state index is 13.8. The summed E-state index contributed by atoms with van der Waals surface area (Å²) in [6, 6.07) is 15.0. The molecule has 6 nitrogen and oxygen atoms in total. The zero-order valence-corrected chi connectivity index (χ0v) is 21.8. The molecule has 1 heterocycles. The topological polar surface area (TPSA) is 74.8 Å². The van der Waals surface area contributed by atoms with Gasteiger partial charge >= 0.3 is 0 Å². The van der Waals surface area contributed by atoms with Crippen LogP contribution >= 0.6 is 0 Å². The summed E-state index contributed by atoms with van der Waals surface area (Å²) in [5, 5.41) is 0. The average Bonchev–Trinajstić information content (AvgIpc) is 2.83. The van der Waals surface area contributed by atoms with Crippen molar-refractivity contribution >= 4 is 19.9 Å². The summed E-state index contributed by atoms with van der Waals surface area (Å²) in [5.74, 6) is -0.0795. The highest BCUT2D eigenvalue weighted by molar-refractivity contribution is 7.91. The smallest absolute Gasteiger partial charge is 0.243 e. The average molecular weight is 505 g/mol.